The molecule has 16 heavy (non-hydrogen) atoms. The zero-order valence-corrected chi connectivity index (χ0v) is 10.1. The maximum absolute atomic E-state index is 5.77. The molecular formula is C12H20N2O2. The lowest BCUT2D eigenvalue weighted by Gasteiger charge is -2.10. The first kappa shape index (κ1) is 12.9. The molecule has 0 spiro atoms. The van der Waals surface area contributed by atoms with Crippen molar-refractivity contribution in [2.24, 2.45) is 5.73 Å². The van der Waals surface area contributed by atoms with E-state index in [1.54, 1.807) is 6.20 Å². The number of nitrogens with zero attached hydrogens (tertiary/aromatic N) is 1. The van der Waals surface area contributed by atoms with Gasteiger partial charge in [-0.15, -0.1) is 0 Å². The highest BCUT2D eigenvalue weighted by Gasteiger charge is 2.02. The lowest BCUT2D eigenvalue weighted by Crippen LogP contribution is -2.12. The molecule has 1 rings (SSSR count). The molecule has 2 N–H and O–H groups in total. The fourth-order valence-corrected chi connectivity index (χ4v) is 1.22. The van der Waals surface area contributed by atoms with Crippen LogP contribution in [0.2, 0.25) is 0 Å². The molecule has 0 aliphatic carbocycles. The van der Waals surface area contributed by atoms with Crippen LogP contribution in [0.1, 0.15) is 32.4 Å². The van der Waals surface area contributed by atoms with E-state index in [4.69, 9.17) is 15.2 Å². The van der Waals surface area contributed by atoms with Crippen molar-refractivity contribution < 1.29 is 9.47 Å². The Morgan fingerprint density at radius 2 is 2.06 bits per heavy atom. The number of hydrogen-bond acceptors (Lipinski definition) is 4. The van der Waals surface area contributed by atoms with Gasteiger partial charge in [0.25, 0.3) is 0 Å². The standard InChI is InChI=1S/C12H20N2O2/c1-9(2)15-6-7-16-12-8-11(10(3)13)4-5-14-12/h4-5,8-10H,6-7,13H2,1-3H3. The SMILES string of the molecule is CC(C)OCCOc1cc(C(C)N)ccn1. The Kier molecular flexibility index (Phi) is 5.22. The Morgan fingerprint density at radius 1 is 1.31 bits per heavy atom. The normalized spacial score (nSPS) is 12.8. The van der Waals surface area contributed by atoms with E-state index in [2.05, 4.69) is 4.98 Å². The Balaban J connectivity index is 2.39. The second kappa shape index (κ2) is 6.45. The van der Waals surface area contributed by atoms with Crippen LogP contribution in [0.5, 0.6) is 5.88 Å². The van der Waals surface area contributed by atoms with Crippen molar-refractivity contribution in [2.45, 2.75) is 32.9 Å². The largest absolute Gasteiger partial charge is 0.475 e. The van der Waals surface area contributed by atoms with E-state index in [9.17, 15) is 0 Å². The van der Waals surface area contributed by atoms with Crippen LogP contribution in [0.4, 0.5) is 0 Å². The fourth-order valence-electron chi connectivity index (χ4n) is 1.22. The van der Waals surface area contributed by atoms with Gasteiger partial charge in [-0.25, -0.2) is 4.98 Å². The van der Waals surface area contributed by atoms with Crippen LogP contribution in [0, 0.1) is 0 Å². The van der Waals surface area contributed by atoms with E-state index in [-0.39, 0.29) is 12.1 Å². The van der Waals surface area contributed by atoms with Crippen LogP contribution < -0.4 is 10.5 Å². The van der Waals surface area contributed by atoms with E-state index in [0.29, 0.717) is 19.1 Å². The van der Waals surface area contributed by atoms with Crippen LogP contribution >= 0.6 is 0 Å². The van der Waals surface area contributed by atoms with Gasteiger partial charge in [0.05, 0.1) is 12.7 Å². The lowest BCUT2D eigenvalue weighted by atomic mass is 10.1. The third-order valence-electron chi connectivity index (χ3n) is 2.07. The number of nitrogens with two attached hydrogens (primary N) is 1. The van der Waals surface area contributed by atoms with Crippen molar-refractivity contribution in [1.82, 2.24) is 4.98 Å². The molecule has 1 atom stereocenters. The summed E-state index contributed by atoms with van der Waals surface area (Å²) >= 11 is 0. The summed E-state index contributed by atoms with van der Waals surface area (Å²) in [5.41, 5.74) is 6.79. The minimum Gasteiger partial charge on any atom is -0.475 e. The summed E-state index contributed by atoms with van der Waals surface area (Å²) < 4.78 is 10.8. The van der Waals surface area contributed by atoms with Crippen LogP contribution in [-0.4, -0.2) is 24.3 Å². The van der Waals surface area contributed by atoms with Crippen molar-refractivity contribution >= 4 is 0 Å². The minimum absolute atomic E-state index is 0.00253. The number of hydrogen-bond donors (Lipinski definition) is 1. The lowest BCUT2D eigenvalue weighted by molar-refractivity contribution is 0.0542. The first-order valence-electron chi connectivity index (χ1n) is 5.55. The highest BCUT2D eigenvalue weighted by molar-refractivity contribution is 5.22. The molecule has 0 aromatic carbocycles. The Bertz CT molecular complexity index is 314. The maximum atomic E-state index is 5.77. The Hall–Kier alpha value is -1.13. The summed E-state index contributed by atoms with van der Waals surface area (Å²) in [6, 6.07) is 3.75. The summed E-state index contributed by atoms with van der Waals surface area (Å²) in [7, 11) is 0. The van der Waals surface area contributed by atoms with E-state index in [0.717, 1.165) is 5.56 Å². The molecule has 1 heterocycles. The van der Waals surface area contributed by atoms with E-state index in [1.165, 1.54) is 0 Å². The highest BCUT2D eigenvalue weighted by atomic mass is 16.5. The molecule has 90 valence electrons. The molecule has 0 bridgehead atoms. The van der Waals surface area contributed by atoms with Crippen LogP contribution in [0.25, 0.3) is 0 Å². The zero-order chi connectivity index (χ0) is 12.0. The molecule has 1 aromatic heterocycles. The van der Waals surface area contributed by atoms with Crippen molar-refractivity contribution in [3.63, 3.8) is 0 Å². The van der Waals surface area contributed by atoms with E-state index in [1.807, 2.05) is 32.9 Å². The molecule has 0 fully saturated rings. The van der Waals surface area contributed by atoms with Gasteiger partial charge in [0.2, 0.25) is 5.88 Å². The molecule has 0 aliphatic heterocycles. The minimum atomic E-state index is -0.00253. The topological polar surface area (TPSA) is 57.4 Å². The van der Waals surface area contributed by atoms with Crippen molar-refractivity contribution in [3.05, 3.63) is 23.9 Å². The third-order valence-corrected chi connectivity index (χ3v) is 2.07. The van der Waals surface area contributed by atoms with E-state index < -0.39 is 0 Å². The molecule has 0 radical (unpaired) electrons. The average molecular weight is 224 g/mol. The van der Waals surface area contributed by atoms with Crippen LogP contribution in [0.3, 0.4) is 0 Å². The fraction of sp³-hybridized carbons (Fsp3) is 0.583. The Labute approximate surface area is 96.8 Å². The van der Waals surface area contributed by atoms with Crippen molar-refractivity contribution in [3.8, 4) is 5.88 Å². The number of rotatable bonds is 6. The quantitative estimate of drug-likeness (QED) is 0.750. The first-order valence-corrected chi connectivity index (χ1v) is 5.55. The van der Waals surface area contributed by atoms with Gasteiger partial charge >= 0.3 is 0 Å². The summed E-state index contributed by atoms with van der Waals surface area (Å²) in [4.78, 5) is 4.11. The predicted octanol–water partition coefficient (Wildman–Crippen LogP) is 1.91. The number of pyridine rings is 1. The summed E-state index contributed by atoms with van der Waals surface area (Å²) in [5.74, 6) is 0.599. The van der Waals surface area contributed by atoms with Crippen LogP contribution in [-0.2, 0) is 4.74 Å². The summed E-state index contributed by atoms with van der Waals surface area (Å²) in [5, 5.41) is 0. The molecular weight excluding hydrogens is 204 g/mol. The number of ether oxygens (including phenoxy) is 2. The van der Waals surface area contributed by atoms with Crippen molar-refractivity contribution in [2.75, 3.05) is 13.2 Å². The van der Waals surface area contributed by atoms with Gasteiger partial charge in [0.15, 0.2) is 0 Å². The predicted molar refractivity (Wildman–Crippen MR) is 63.4 cm³/mol. The monoisotopic (exact) mass is 224 g/mol. The molecule has 0 saturated carbocycles. The molecule has 4 heteroatoms. The summed E-state index contributed by atoms with van der Waals surface area (Å²) in [6.45, 7) is 7.00. The zero-order valence-electron chi connectivity index (χ0n) is 10.1. The van der Waals surface area contributed by atoms with Crippen LogP contribution in [0.15, 0.2) is 18.3 Å². The van der Waals surface area contributed by atoms with Gasteiger partial charge in [-0.05, 0) is 32.4 Å². The second-order valence-corrected chi connectivity index (χ2v) is 3.98. The first-order chi connectivity index (χ1) is 7.59. The maximum Gasteiger partial charge on any atom is 0.213 e. The molecule has 0 aliphatic rings. The van der Waals surface area contributed by atoms with Gasteiger partial charge in [-0.1, -0.05) is 0 Å². The van der Waals surface area contributed by atoms with Crippen molar-refractivity contribution in [1.29, 1.82) is 0 Å². The average Bonchev–Trinajstić information content (AvgIpc) is 2.24. The Morgan fingerprint density at radius 3 is 2.69 bits per heavy atom. The van der Waals surface area contributed by atoms with Gasteiger partial charge in [0, 0.05) is 18.3 Å². The summed E-state index contributed by atoms with van der Waals surface area (Å²) in [6.07, 6.45) is 1.93. The van der Waals surface area contributed by atoms with Gasteiger partial charge < -0.3 is 15.2 Å². The molecule has 1 aromatic rings. The molecule has 4 nitrogen and oxygen atoms in total. The third kappa shape index (κ3) is 4.59. The number of aromatic nitrogens is 1. The van der Waals surface area contributed by atoms with Gasteiger partial charge in [-0.2, -0.15) is 0 Å². The molecule has 1 unspecified atom stereocenters. The smallest absolute Gasteiger partial charge is 0.213 e. The molecule has 0 amide bonds. The van der Waals surface area contributed by atoms with Gasteiger partial charge in [-0.3, -0.25) is 0 Å². The molecule has 0 saturated heterocycles. The van der Waals surface area contributed by atoms with Gasteiger partial charge in [0.1, 0.15) is 6.61 Å². The van der Waals surface area contributed by atoms with E-state index >= 15 is 0 Å². The highest BCUT2D eigenvalue weighted by Crippen LogP contribution is 2.14. The second-order valence-electron chi connectivity index (χ2n) is 3.98.